The van der Waals surface area contributed by atoms with Gasteiger partial charge in [-0.15, -0.1) is 0 Å². The number of aryl methyl sites for hydroxylation is 2. The zero-order chi connectivity index (χ0) is 21.4. The Labute approximate surface area is 182 Å². The van der Waals surface area contributed by atoms with E-state index in [0.29, 0.717) is 24.5 Å². The molecule has 31 heavy (non-hydrogen) atoms. The molecule has 0 aromatic carbocycles. The highest BCUT2D eigenvalue weighted by molar-refractivity contribution is 5.94. The van der Waals surface area contributed by atoms with Crippen LogP contribution in [0, 0.1) is 25.2 Å². The molecule has 3 N–H and O–H groups in total. The number of piperidine rings is 1. The minimum absolute atomic E-state index is 0.370. The van der Waals surface area contributed by atoms with Crippen LogP contribution >= 0.6 is 0 Å². The van der Waals surface area contributed by atoms with E-state index >= 15 is 0 Å². The SMILES string of the molecule is Cc1cc(Nc2nc(N[C@@H]3C[C@H]4CC[C@@H](C3)N4CCC#N)c3cccnc3c2C)n[nH]1. The number of rotatable bonds is 6. The topological polar surface area (TPSA) is 106 Å². The van der Waals surface area contributed by atoms with Crippen molar-refractivity contribution >= 4 is 28.4 Å². The third-order valence-electron chi connectivity index (χ3n) is 6.66. The highest BCUT2D eigenvalue weighted by Gasteiger charge is 2.40. The van der Waals surface area contributed by atoms with Crippen LogP contribution in [0.15, 0.2) is 24.4 Å². The summed E-state index contributed by atoms with van der Waals surface area (Å²) in [4.78, 5) is 12.2. The van der Waals surface area contributed by atoms with Gasteiger partial charge in [-0.25, -0.2) is 4.98 Å². The smallest absolute Gasteiger partial charge is 0.153 e. The van der Waals surface area contributed by atoms with E-state index in [9.17, 15) is 0 Å². The van der Waals surface area contributed by atoms with E-state index in [1.165, 1.54) is 12.8 Å². The van der Waals surface area contributed by atoms with Crippen molar-refractivity contribution in [2.45, 2.75) is 64.1 Å². The Balaban J connectivity index is 1.42. The second-order valence-electron chi connectivity index (χ2n) is 8.74. The molecular weight excluding hydrogens is 388 g/mol. The summed E-state index contributed by atoms with van der Waals surface area (Å²) >= 11 is 0. The molecule has 2 saturated heterocycles. The molecule has 0 amide bonds. The van der Waals surface area contributed by atoms with Crippen molar-refractivity contribution in [3.63, 3.8) is 0 Å². The van der Waals surface area contributed by atoms with E-state index in [1.807, 2.05) is 32.2 Å². The molecule has 5 rings (SSSR count). The second kappa shape index (κ2) is 8.16. The molecular formula is C23H28N8. The summed E-state index contributed by atoms with van der Waals surface area (Å²) in [6.07, 6.45) is 7.06. The van der Waals surface area contributed by atoms with Crippen molar-refractivity contribution in [3.8, 4) is 6.07 Å². The molecule has 3 aromatic heterocycles. The van der Waals surface area contributed by atoms with Gasteiger partial charge in [0, 0.05) is 60.0 Å². The van der Waals surface area contributed by atoms with Crippen molar-refractivity contribution in [2.75, 3.05) is 17.2 Å². The monoisotopic (exact) mass is 416 g/mol. The molecule has 0 unspecified atom stereocenters. The summed E-state index contributed by atoms with van der Waals surface area (Å²) in [6.45, 7) is 4.91. The average molecular weight is 417 g/mol. The largest absolute Gasteiger partial charge is 0.367 e. The van der Waals surface area contributed by atoms with Gasteiger partial charge in [0.25, 0.3) is 0 Å². The van der Waals surface area contributed by atoms with Gasteiger partial charge in [-0.05, 0) is 51.7 Å². The van der Waals surface area contributed by atoms with Crippen LogP contribution in [0.4, 0.5) is 17.5 Å². The zero-order valence-corrected chi connectivity index (χ0v) is 18.0. The van der Waals surface area contributed by atoms with Crippen LogP contribution in [0.1, 0.15) is 43.4 Å². The van der Waals surface area contributed by atoms with Crippen molar-refractivity contribution in [2.24, 2.45) is 0 Å². The lowest BCUT2D eigenvalue weighted by atomic mass is 9.96. The molecule has 0 aliphatic carbocycles. The molecule has 2 aliphatic rings. The highest BCUT2D eigenvalue weighted by atomic mass is 15.2. The van der Waals surface area contributed by atoms with Crippen LogP contribution in [-0.2, 0) is 0 Å². The summed E-state index contributed by atoms with van der Waals surface area (Å²) in [5.74, 6) is 2.39. The molecule has 0 spiro atoms. The number of fused-ring (bicyclic) bond motifs is 3. The third kappa shape index (κ3) is 3.81. The Morgan fingerprint density at radius 1 is 1.23 bits per heavy atom. The molecule has 8 heteroatoms. The number of nitrogens with one attached hydrogen (secondary N) is 3. The molecule has 3 aromatic rings. The lowest BCUT2D eigenvalue weighted by Crippen LogP contribution is -2.47. The first-order valence-electron chi connectivity index (χ1n) is 11.1. The number of anilines is 3. The van der Waals surface area contributed by atoms with Crippen molar-refractivity contribution in [3.05, 3.63) is 35.7 Å². The minimum atomic E-state index is 0.370. The maximum absolute atomic E-state index is 8.98. The van der Waals surface area contributed by atoms with Gasteiger partial charge in [-0.2, -0.15) is 10.4 Å². The van der Waals surface area contributed by atoms with Gasteiger partial charge < -0.3 is 10.6 Å². The van der Waals surface area contributed by atoms with Crippen LogP contribution in [-0.4, -0.2) is 49.7 Å². The second-order valence-corrected chi connectivity index (χ2v) is 8.74. The lowest BCUT2D eigenvalue weighted by molar-refractivity contribution is 0.136. The van der Waals surface area contributed by atoms with Gasteiger partial charge in [0.1, 0.15) is 11.6 Å². The molecule has 2 aliphatic heterocycles. The number of aromatic nitrogens is 4. The number of hydrogen-bond acceptors (Lipinski definition) is 7. The van der Waals surface area contributed by atoms with Gasteiger partial charge >= 0.3 is 0 Å². The molecule has 3 atom stereocenters. The van der Waals surface area contributed by atoms with Crippen molar-refractivity contribution in [1.82, 2.24) is 25.1 Å². The van der Waals surface area contributed by atoms with Gasteiger partial charge in [-0.3, -0.25) is 15.0 Å². The zero-order valence-electron chi connectivity index (χ0n) is 18.0. The van der Waals surface area contributed by atoms with Crippen molar-refractivity contribution in [1.29, 1.82) is 5.26 Å². The summed E-state index contributed by atoms with van der Waals surface area (Å²) in [5.41, 5.74) is 2.95. The summed E-state index contributed by atoms with van der Waals surface area (Å²) in [5, 5.41) is 24.4. The first-order chi connectivity index (χ1) is 15.1. The molecule has 0 radical (unpaired) electrons. The summed E-state index contributed by atoms with van der Waals surface area (Å²) < 4.78 is 0. The quantitative estimate of drug-likeness (QED) is 0.557. The van der Waals surface area contributed by atoms with E-state index in [-0.39, 0.29) is 0 Å². The molecule has 2 bridgehead atoms. The first kappa shape index (κ1) is 19.8. The minimum Gasteiger partial charge on any atom is -0.367 e. The maximum Gasteiger partial charge on any atom is 0.153 e. The van der Waals surface area contributed by atoms with E-state index < -0.39 is 0 Å². The fourth-order valence-electron chi connectivity index (χ4n) is 5.23. The Kier molecular flexibility index (Phi) is 5.20. The van der Waals surface area contributed by atoms with Gasteiger partial charge in [0.15, 0.2) is 5.82 Å². The summed E-state index contributed by atoms with van der Waals surface area (Å²) in [7, 11) is 0. The number of nitriles is 1. The van der Waals surface area contributed by atoms with Crippen LogP contribution in [0.2, 0.25) is 0 Å². The van der Waals surface area contributed by atoms with Crippen LogP contribution in [0.25, 0.3) is 10.9 Å². The summed E-state index contributed by atoms with van der Waals surface area (Å²) in [6, 6.07) is 9.80. The third-order valence-corrected chi connectivity index (χ3v) is 6.66. The Bertz CT molecular complexity index is 1120. The van der Waals surface area contributed by atoms with E-state index in [2.05, 4.69) is 42.9 Å². The fraction of sp³-hybridized carbons (Fsp3) is 0.478. The molecule has 160 valence electrons. The number of aromatic amines is 1. The Morgan fingerprint density at radius 3 is 2.74 bits per heavy atom. The molecule has 5 heterocycles. The number of hydrogen-bond donors (Lipinski definition) is 3. The standard InChI is InChI=1S/C23H28N8/c1-14-11-20(30-29-14)27-22-15(2)21-19(5-3-9-25-21)23(28-22)26-16-12-17-6-7-18(13-16)31(17)10-4-8-24/h3,5,9,11,16-18H,4,6-7,10,12-13H2,1-2H3,(H3,26,27,28,29,30)/t16-,17-,18+. The maximum atomic E-state index is 8.98. The predicted octanol–water partition coefficient (Wildman–Crippen LogP) is 4.03. The van der Waals surface area contributed by atoms with Crippen molar-refractivity contribution < 1.29 is 0 Å². The Hall–Kier alpha value is -3.18. The Morgan fingerprint density at radius 2 is 2.03 bits per heavy atom. The van der Waals surface area contributed by atoms with Gasteiger partial charge in [-0.1, -0.05) is 0 Å². The van der Waals surface area contributed by atoms with Crippen LogP contribution in [0.5, 0.6) is 0 Å². The molecule has 2 fully saturated rings. The number of H-pyrrole nitrogens is 1. The number of nitrogens with zero attached hydrogens (tertiary/aromatic N) is 5. The number of pyridine rings is 2. The van der Waals surface area contributed by atoms with Gasteiger partial charge in [0.2, 0.25) is 0 Å². The molecule has 0 saturated carbocycles. The lowest BCUT2D eigenvalue weighted by Gasteiger charge is -2.39. The van der Waals surface area contributed by atoms with Crippen LogP contribution < -0.4 is 10.6 Å². The van der Waals surface area contributed by atoms with E-state index in [1.54, 1.807) is 0 Å². The fourth-order valence-corrected chi connectivity index (χ4v) is 5.23. The average Bonchev–Trinajstić information content (AvgIpc) is 3.28. The van der Waals surface area contributed by atoms with Crippen LogP contribution in [0.3, 0.4) is 0 Å². The first-order valence-corrected chi connectivity index (χ1v) is 11.1. The normalized spacial score (nSPS) is 23.1. The van der Waals surface area contributed by atoms with E-state index in [4.69, 9.17) is 10.2 Å². The van der Waals surface area contributed by atoms with Gasteiger partial charge in [0.05, 0.1) is 11.6 Å². The molecule has 8 nitrogen and oxygen atoms in total. The predicted molar refractivity (Wildman–Crippen MR) is 121 cm³/mol. The highest BCUT2D eigenvalue weighted by Crippen LogP contribution is 2.38. The van der Waals surface area contributed by atoms with E-state index in [0.717, 1.165) is 59.0 Å².